The smallest absolute Gasteiger partial charge is 0.407 e. The fourth-order valence-corrected chi connectivity index (χ4v) is 8.26. The lowest BCUT2D eigenvalue weighted by Gasteiger charge is -2.36. The van der Waals surface area contributed by atoms with Crippen LogP contribution >= 0.6 is 0 Å². The van der Waals surface area contributed by atoms with Crippen molar-refractivity contribution in [3.05, 3.63) is 131 Å². The minimum atomic E-state index is -1.52. The number of ketones is 1. The summed E-state index contributed by atoms with van der Waals surface area (Å²) in [6.45, 7) is 7.93. The highest BCUT2D eigenvalue weighted by molar-refractivity contribution is 6.38. The van der Waals surface area contributed by atoms with Crippen LogP contribution in [0.1, 0.15) is 85.8 Å². The molecule has 2 aliphatic rings. The summed E-state index contributed by atoms with van der Waals surface area (Å²) in [5.74, 6) is -4.95. The second-order valence-corrected chi connectivity index (χ2v) is 17.0. The number of fused-ring (bicyclic) bond motifs is 3. The maximum absolute atomic E-state index is 14.2. The number of methoxy groups -OCH3 is 1. The van der Waals surface area contributed by atoms with Crippen LogP contribution in [-0.2, 0) is 49.4 Å². The third kappa shape index (κ3) is 11.7. The average Bonchev–Trinajstić information content (AvgIpc) is 3.64. The van der Waals surface area contributed by atoms with E-state index in [1.807, 2.05) is 73.7 Å². The van der Waals surface area contributed by atoms with E-state index in [1.165, 1.54) is 18.7 Å². The molecular weight excluding hydrogens is 847 g/mol. The highest BCUT2D eigenvalue weighted by Crippen LogP contribution is 2.44. The number of rotatable bonds is 19. The molecule has 3 atom stereocenters. The Morgan fingerprint density at radius 3 is 2.26 bits per heavy atom. The zero-order valence-corrected chi connectivity index (χ0v) is 37.5. The summed E-state index contributed by atoms with van der Waals surface area (Å²) >= 11 is 0. The Labute approximate surface area is 383 Å². The molecule has 346 valence electrons. The Balaban J connectivity index is 1.18. The van der Waals surface area contributed by atoms with E-state index in [4.69, 9.17) is 18.9 Å². The SMILES string of the molecule is C=CC(=O)OCC(C)(C)C(=O)C(=O)N1CCCC[C@H]1C(=O)O[C@H](CCc1ccc(C)c(OC)c1)c1cccc(NC(=O)[C@H](CC(=O)O)NC(=O)OCC2c3ccccc3-c3ccccc32)c1. The van der Waals surface area contributed by atoms with Gasteiger partial charge in [-0.25, -0.2) is 14.4 Å². The van der Waals surface area contributed by atoms with E-state index in [0.717, 1.165) is 39.5 Å². The van der Waals surface area contributed by atoms with Gasteiger partial charge in [-0.1, -0.05) is 79.4 Å². The van der Waals surface area contributed by atoms with E-state index in [2.05, 4.69) is 17.2 Å². The Bertz CT molecular complexity index is 2450. The number of hydrogen-bond acceptors (Lipinski definition) is 11. The maximum atomic E-state index is 14.2. The van der Waals surface area contributed by atoms with E-state index in [0.29, 0.717) is 30.6 Å². The Kier molecular flexibility index (Phi) is 15.8. The van der Waals surface area contributed by atoms with Gasteiger partial charge in [-0.05, 0) is 110 Å². The van der Waals surface area contributed by atoms with E-state index in [-0.39, 0.29) is 44.2 Å². The first kappa shape index (κ1) is 48.2. The number of hydrogen-bond donors (Lipinski definition) is 3. The van der Waals surface area contributed by atoms with Gasteiger partial charge in [0, 0.05) is 24.2 Å². The molecular formula is C51H55N3O12. The van der Waals surface area contributed by atoms with Gasteiger partial charge in [0.25, 0.3) is 5.91 Å². The van der Waals surface area contributed by atoms with Crippen molar-refractivity contribution in [3.8, 4) is 16.9 Å². The van der Waals surface area contributed by atoms with Crippen LogP contribution in [0.5, 0.6) is 5.75 Å². The molecule has 3 amide bonds. The molecule has 6 rings (SSSR count). The van der Waals surface area contributed by atoms with Crippen LogP contribution in [0.4, 0.5) is 10.5 Å². The van der Waals surface area contributed by atoms with Crippen LogP contribution in [0.15, 0.2) is 104 Å². The first-order valence-corrected chi connectivity index (χ1v) is 21.8. The Morgan fingerprint density at radius 1 is 0.894 bits per heavy atom. The van der Waals surface area contributed by atoms with Gasteiger partial charge in [-0.3, -0.25) is 19.2 Å². The number of likely N-dealkylation sites (tertiary alicyclic amines) is 1. The number of aryl methyl sites for hydroxylation is 2. The summed E-state index contributed by atoms with van der Waals surface area (Å²) in [4.78, 5) is 93.2. The molecule has 15 nitrogen and oxygen atoms in total. The minimum Gasteiger partial charge on any atom is -0.496 e. The molecule has 1 aliphatic carbocycles. The third-order valence-corrected chi connectivity index (χ3v) is 11.9. The van der Waals surface area contributed by atoms with Crippen LogP contribution in [-0.4, -0.2) is 90.6 Å². The number of piperidine rings is 1. The van der Waals surface area contributed by atoms with Crippen molar-refractivity contribution in [2.75, 3.05) is 32.2 Å². The first-order chi connectivity index (χ1) is 31.6. The molecule has 1 heterocycles. The number of nitrogens with one attached hydrogen (secondary N) is 2. The molecule has 0 radical (unpaired) electrons. The van der Waals surface area contributed by atoms with Crippen LogP contribution < -0.4 is 15.4 Å². The number of nitrogens with zero attached hydrogens (tertiary/aromatic N) is 1. The summed E-state index contributed by atoms with van der Waals surface area (Å²) in [6, 6.07) is 25.2. The summed E-state index contributed by atoms with van der Waals surface area (Å²) in [7, 11) is 1.57. The predicted molar refractivity (Wildman–Crippen MR) is 243 cm³/mol. The van der Waals surface area contributed by atoms with Crippen molar-refractivity contribution in [2.45, 2.75) is 83.4 Å². The molecule has 0 spiro atoms. The molecule has 66 heavy (non-hydrogen) atoms. The lowest BCUT2D eigenvalue weighted by atomic mass is 9.87. The number of ether oxygens (including phenoxy) is 4. The van der Waals surface area contributed by atoms with Gasteiger partial charge in [0.2, 0.25) is 11.7 Å². The molecule has 4 aromatic carbocycles. The molecule has 1 saturated heterocycles. The highest BCUT2D eigenvalue weighted by Gasteiger charge is 2.42. The van der Waals surface area contributed by atoms with E-state index in [1.54, 1.807) is 31.4 Å². The topological polar surface area (TPSA) is 204 Å². The summed E-state index contributed by atoms with van der Waals surface area (Å²) in [5.41, 5.74) is 5.15. The number of alkyl carbamates (subject to hydrolysis) is 1. The third-order valence-electron chi connectivity index (χ3n) is 11.9. The zero-order valence-electron chi connectivity index (χ0n) is 37.5. The molecule has 0 aromatic heterocycles. The van der Waals surface area contributed by atoms with Crippen molar-refractivity contribution in [1.29, 1.82) is 0 Å². The lowest BCUT2D eigenvalue weighted by molar-refractivity contribution is -0.165. The Hall–Kier alpha value is -7.29. The van der Waals surface area contributed by atoms with E-state index in [9.17, 15) is 38.7 Å². The average molecular weight is 902 g/mol. The predicted octanol–water partition coefficient (Wildman–Crippen LogP) is 7.25. The van der Waals surface area contributed by atoms with Gasteiger partial charge in [-0.15, -0.1) is 0 Å². The van der Waals surface area contributed by atoms with Crippen LogP contribution in [0.25, 0.3) is 11.1 Å². The molecule has 15 heteroatoms. The number of anilines is 1. The van der Waals surface area contributed by atoms with Crippen molar-refractivity contribution in [3.63, 3.8) is 0 Å². The van der Waals surface area contributed by atoms with Gasteiger partial charge < -0.3 is 39.6 Å². The number of benzene rings is 4. The molecule has 1 fully saturated rings. The van der Waals surface area contributed by atoms with E-state index >= 15 is 0 Å². The standard InChI is InChI=1S/C51H55N3O12/c1-6-45(57)65-30-51(3,4)46(58)48(60)54-25-12-11-20-41(54)49(61)66-42(24-23-32-22-21-31(2)43(26-32)63-5)33-14-13-15-34(27-33)52-47(59)40(28-44(55)56)53-50(62)64-29-39-37-18-9-7-16-35(37)36-17-8-10-19-38(36)39/h6-10,13-19,21-22,26-27,39-42H,1,11-12,20,23-25,28-30H2,2-5H3,(H,52,59)(H,53,62)(H,55,56)/t40-,41-,42+/m0/s1. The molecule has 0 unspecified atom stereocenters. The zero-order chi connectivity index (χ0) is 47.5. The first-order valence-electron chi connectivity index (χ1n) is 21.8. The number of amides is 3. The van der Waals surface area contributed by atoms with Gasteiger partial charge >= 0.3 is 24.0 Å². The number of carboxylic acid groups (broad SMARTS) is 1. The number of aliphatic carboxylic acids is 1. The maximum Gasteiger partial charge on any atom is 0.407 e. The van der Waals surface area contributed by atoms with E-state index < -0.39 is 71.6 Å². The van der Waals surface area contributed by atoms with Crippen LogP contribution in [0, 0.1) is 12.3 Å². The largest absolute Gasteiger partial charge is 0.496 e. The number of Topliss-reactive ketones (excluding diaryl/α,β-unsaturated/α-hetero) is 1. The molecule has 0 saturated carbocycles. The monoisotopic (exact) mass is 901 g/mol. The van der Waals surface area contributed by atoms with Gasteiger partial charge in [0.1, 0.15) is 37.2 Å². The summed E-state index contributed by atoms with van der Waals surface area (Å²) < 4.78 is 22.4. The highest BCUT2D eigenvalue weighted by atomic mass is 16.6. The van der Waals surface area contributed by atoms with Crippen molar-refractivity contribution in [1.82, 2.24) is 10.2 Å². The van der Waals surface area contributed by atoms with Gasteiger partial charge in [0.15, 0.2) is 0 Å². The second kappa shape index (κ2) is 21.6. The molecule has 4 aromatic rings. The Morgan fingerprint density at radius 2 is 1.59 bits per heavy atom. The fourth-order valence-electron chi connectivity index (χ4n) is 8.26. The number of carbonyl (C=O) groups is 7. The van der Waals surface area contributed by atoms with Gasteiger partial charge in [-0.2, -0.15) is 0 Å². The summed E-state index contributed by atoms with van der Waals surface area (Å²) in [5, 5.41) is 14.8. The number of carboxylic acids is 1. The fraction of sp³-hybridized carbons (Fsp3) is 0.353. The second-order valence-electron chi connectivity index (χ2n) is 17.0. The molecule has 3 N–H and O–H groups in total. The van der Waals surface area contributed by atoms with Crippen molar-refractivity contribution in [2.24, 2.45) is 5.41 Å². The van der Waals surface area contributed by atoms with Crippen LogP contribution in [0.2, 0.25) is 0 Å². The number of esters is 2. The molecule has 0 bridgehead atoms. The molecule has 1 aliphatic heterocycles. The quantitative estimate of drug-likeness (QED) is 0.0369. The van der Waals surface area contributed by atoms with Crippen LogP contribution in [0.3, 0.4) is 0 Å². The number of carbonyl (C=O) groups excluding carboxylic acids is 6. The lowest BCUT2D eigenvalue weighted by Crippen LogP contribution is -2.53. The van der Waals surface area contributed by atoms with Crippen molar-refractivity contribution >= 4 is 47.3 Å². The van der Waals surface area contributed by atoms with Crippen molar-refractivity contribution < 1.29 is 57.6 Å². The van der Waals surface area contributed by atoms with Gasteiger partial charge in [0.05, 0.1) is 18.9 Å². The normalized spacial score (nSPS) is 15.2. The minimum absolute atomic E-state index is 0.0485. The summed E-state index contributed by atoms with van der Waals surface area (Å²) in [6.07, 6.45) is 0.361.